The molecule has 64 valence electrons. The molecule has 1 aliphatic rings. The van der Waals surface area contributed by atoms with Gasteiger partial charge in [0.15, 0.2) is 0 Å². The Morgan fingerprint density at radius 3 is 2.92 bits per heavy atom. The second-order valence-electron chi connectivity index (χ2n) is 3.27. The molecule has 2 heteroatoms. The van der Waals surface area contributed by atoms with Crippen LogP contribution in [0.15, 0.2) is 18.2 Å². The summed E-state index contributed by atoms with van der Waals surface area (Å²) < 4.78 is 5.14. The zero-order valence-electron chi connectivity index (χ0n) is 7.08. The van der Waals surface area contributed by atoms with Crippen LogP contribution in [0.4, 0.5) is 0 Å². The van der Waals surface area contributed by atoms with Crippen molar-refractivity contribution in [1.82, 2.24) is 0 Å². The molecule has 1 atom stereocenters. The average Bonchev–Trinajstić information content (AvgIpc) is 2.79. The highest BCUT2D eigenvalue weighted by Gasteiger charge is 2.23. The van der Waals surface area contributed by atoms with Crippen LogP contribution in [0.25, 0.3) is 0 Å². The van der Waals surface area contributed by atoms with E-state index in [9.17, 15) is 0 Å². The Hall–Kier alpha value is -1.02. The van der Waals surface area contributed by atoms with Gasteiger partial charge in [0.1, 0.15) is 5.75 Å². The number of hydrogen-bond donors (Lipinski definition) is 1. The minimum Gasteiger partial charge on any atom is -0.508 e. The molecule has 1 heterocycles. The number of aromatic hydroxyl groups is 1. The number of phenols is 1. The lowest BCUT2D eigenvalue weighted by Crippen LogP contribution is -1.95. The number of phenolic OH excluding ortho intramolecular Hbond substituents is 1. The summed E-state index contributed by atoms with van der Waals surface area (Å²) in [6, 6.07) is 5.48. The maximum Gasteiger partial charge on any atom is 0.115 e. The molecule has 1 unspecified atom stereocenters. The van der Waals surface area contributed by atoms with Crippen LogP contribution in [0.1, 0.15) is 11.1 Å². The summed E-state index contributed by atoms with van der Waals surface area (Å²) in [5.74, 6) is 0.341. The molecule has 1 fully saturated rings. The molecule has 0 radical (unpaired) electrons. The summed E-state index contributed by atoms with van der Waals surface area (Å²) in [4.78, 5) is 0. The second kappa shape index (κ2) is 2.79. The van der Waals surface area contributed by atoms with Gasteiger partial charge in [-0.25, -0.2) is 0 Å². The normalized spacial score (nSPS) is 20.9. The van der Waals surface area contributed by atoms with Crippen molar-refractivity contribution in [1.29, 1.82) is 0 Å². The Bertz CT molecular complexity index is 290. The van der Waals surface area contributed by atoms with Crippen LogP contribution in [0.3, 0.4) is 0 Å². The van der Waals surface area contributed by atoms with Gasteiger partial charge in [0, 0.05) is 6.42 Å². The molecule has 2 rings (SSSR count). The van der Waals surface area contributed by atoms with Crippen molar-refractivity contribution < 1.29 is 9.84 Å². The summed E-state index contributed by atoms with van der Waals surface area (Å²) in [6.45, 7) is 2.90. The molecule has 0 spiro atoms. The first kappa shape index (κ1) is 7.62. The van der Waals surface area contributed by atoms with Crippen LogP contribution < -0.4 is 0 Å². The summed E-state index contributed by atoms with van der Waals surface area (Å²) in [5.41, 5.74) is 2.42. The van der Waals surface area contributed by atoms with Crippen molar-refractivity contribution in [3.63, 3.8) is 0 Å². The van der Waals surface area contributed by atoms with E-state index in [1.54, 1.807) is 12.1 Å². The zero-order chi connectivity index (χ0) is 8.55. The van der Waals surface area contributed by atoms with Crippen molar-refractivity contribution in [3.8, 4) is 5.75 Å². The zero-order valence-corrected chi connectivity index (χ0v) is 7.08. The minimum absolute atomic E-state index is 0.341. The van der Waals surface area contributed by atoms with Crippen LogP contribution in [-0.4, -0.2) is 17.8 Å². The van der Waals surface area contributed by atoms with Gasteiger partial charge in [-0.1, -0.05) is 6.07 Å². The highest BCUT2D eigenvalue weighted by molar-refractivity contribution is 5.34. The van der Waals surface area contributed by atoms with Gasteiger partial charge in [0.2, 0.25) is 0 Å². The first-order valence-electron chi connectivity index (χ1n) is 4.16. The molecule has 0 saturated carbocycles. The van der Waals surface area contributed by atoms with Gasteiger partial charge in [-0.2, -0.15) is 0 Å². The Morgan fingerprint density at radius 1 is 1.58 bits per heavy atom. The van der Waals surface area contributed by atoms with Crippen LogP contribution in [-0.2, 0) is 11.2 Å². The van der Waals surface area contributed by atoms with Gasteiger partial charge in [0.25, 0.3) is 0 Å². The number of benzene rings is 1. The first-order chi connectivity index (χ1) is 5.75. The van der Waals surface area contributed by atoms with Gasteiger partial charge in [0.05, 0.1) is 12.7 Å². The molecule has 12 heavy (non-hydrogen) atoms. The lowest BCUT2D eigenvalue weighted by atomic mass is 10.0. The molecule has 1 aromatic carbocycles. The van der Waals surface area contributed by atoms with Crippen molar-refractivity contribution in [2.75, 3.05) is 6.61 Å². The molecule has 2 nitrogen and oxygen atoms in total. The predicted molar refractivity (Wildman–Crippen MR) is 46.3 cm³/mol. The van der Waals surface area contributed by atoms with E-state index in [2.05, 4.69) is 0 Å². The number of ether oxygens (including phenoxy) is 1. The Kier molecular flexibility index (Phi) is 1.77. The SMILES string of the molecule is Cc1cc(O)ccc1CC1CO1. The summed E-state index contributed by atoms with van der Waals surface area (Å²) in [6.07, 6.45) is 1.40. The van der Waals surface area contributed by atoms with E-state index in [0.29, 0.717) is 11.9 Å². The first-order valence-corrected chi connectivity index (χ1v) is 4.16. The highest BCUT2D eigenvalue weighted by atomic mass is 16.6. The molecular formula is C10H12O2. The number of hydrogen-bond acceptors (Lipinski definition) is 2. The predicted octanol–water partition coefficient (Wildman–Crippen LogP) is 1.64. The average molecular weight is 164 g/mol. The van der Waals surface area contributed by atoms with E-state index in [-0.39, 0.29) is 0 Å². The standard InChI is InChI=1S/C10H12O2/c1-7-4-9(11)3-2-8(7)5-10-6-12-10/h2-4,10-11H,5-6H2,1H3. The highest BCUT2D eigenvalue weighted by Crippen LogP contribution is 2.21. The van der Waals surface area contributed by atoms with E-state index in [1.807, 2.05) is 13.0 Å². The fourth-order valence-corrected chi connectivity index (χ4v) is 1.34. The number of rotatable bonds is 2. The Morgan fingerprint density at radius 2 is 2.33 bits per heavy atom. The number of aryl methyl sites for hydroxylation is 1. The summed E-state index contributed by atoms with van der Waals surface area (Å²) >= 11 is 0. The van der Waals surface area contributed by atoms with E-state index >= 15 is 0 Å². The van der Waals surface area contributed by atoms with Gasteiger partial charge < -0.3 is 9.84 Å². The summed E-state index contributed by atoms with van der Waals surface area (Å²) in [5, 5.41) is 9.16. The van der Waals surface area contributed by atoms with Gasteiger partial charge in [-0.3, -0.25) is 0 Å². The van der Waals surface area contributed by atoms with Crippen LogP contribution >= 0.6 is 0 Å². The van der Waals surface area contributed by atoms with Crippen LogP contribution in [0.5, 0.6) is 5.75 Å². The Labute approximate surface area is 71.8 Å². The smallest absolute Gasteiger partial charge is 0.115 e. The van der Waals surface area contributed by atoms with Crippen LogP contribution in [0.2, 0.25) is 0 Å². The Balaban J connectivity index is 2.18. The molecule has 1 aromatic rings. The van der Waals surface area contributed by atoms with Crippen molar-refractivity contribution in [3.05, 3.63) is 29.3 Å². The minimum atomic E-state index is 0.341. The molecule has 1 N–H and O–H groups in total. The molecule has 1 aliphatic heterocycles. The molecule has 0 aromatic heterocycles. The lowest BCUT2D eigenvalue weighted by molar-refractivity contribution is 0.407. The van der Waals surface area contributed by atoms with E-state index in [1.165, 1.54) is 5.56 Å². The van der Waals surface area contributed by atoms with Crippen LogP contribution in [0, 0.1) is 6.92 Å². The van der Waals surface area contributed by atoms with Gasteiger partial charge >= 0.3 is 0 Å². The maximum atomic E-state index is 9.16. The topological polar surface area (TPSA) is 32.8 Å². The van der Waals surface area contributed by atoms with Gasteiger partial charge in [-0.05, 0) is 30.2 Å². The summed E-state index contributed by atoms with van der Waals surface area (Å²) in [7, 11) is 0. The van der Waals surface area contributed by atoms with Gasteiger partial charge in [-0.15, -0.1) is 0 Å². The fraction of sp³-hybridized carbons (Fsp3) is 0.400. The van der Waals surface area contributed by atoms with E-state index in [4.69, 9.17) is 9.84 Å². The third-order valence-corrected chi connectivity index (χ3v) is 2.18. The molecule has 0 amide bonds. The van der Waals surface area contributed by atoms with Crippen molar-refractivity contribution >= 4 is 0 Å². The quantitative estimate of drug-likeness (QED) is 0.674. The molecule has 0 aliphatic carbocycles. The lowest BCUT2D eigenvalue weighted by Gasteiger charge is -2.03. The van der Waals surface area contributed by atoms with Crippen molar-refractivity contribution in [2.45, 2.75) is 19.4 Å². The monoisotopic (exact) mass is 164 g/mol. The van der Waals surface area contributed by atoms with E-state index in [0.717, 1.165) is 18.6 Å². The fourth-order valence-electron chi connectivity index (χ4n) is 1.34. The molecular weight excluding hydrogens is 152 g/mol. The number of epoxide rings is 1. The molecule has 1 saturated heterocycles. The second-order valence-corrected chi connectivity index (χ2v) is 3.27. The van der Waals surface area contributed by atoms with Crippen molar-refractivity contribution in [2.24, 2.45) is 0 Å². The third kappa shape index (κ3) is 1.59. The molecule has 0 bridgehead atoms. The maximum absolute atomic E-state index is 9.16. The largest absolute Gasteiger partial charge is 0.508 e. The van der Waals surface area contributed by atoms with E-state index < -0.39 is 0 Å². The third-order valence-electron chi connectivity index (χ3n) is 2.18.